The molecule has 2 amide bonds. The molecule has 158 valence electrons. The van der Waals surface area contributed by atoms with Crippen molar-refractivity contribution in [2.75, 3.05) is 19.8 Å². The van der Waals surface area contributed by atoms with Crippen LogP contribution in [-0.2, 0) is 27.3 Å². The number of ether oxygens (including phenoxy) is 1. The van der Waals surface area contributed by atoms with E-state index in [1.54, 1.807) is 4.90 Å². The van der Waals surface area contributed by atoms with Gasteiger partial charge in [0.1, 0.15) is 6.17 Å². The van der Waals surface area contributed by atoms with Crippen molar-refractivity contribution in [2.45, 2.75) is 32.0 Å². The monoisotopic (exact) mass is 445 g/mol. The van der Waals surface area contributed by atoms with E-state index in [1.807, 2.05) is 42.5 Å². The van der Waals surface area contributed by atoms with E-state index in [0.717, 1.165) is 16.1 Å². The molecule has 2 N–H and O–H groups in total. The van der Waals surface area contributed by atoms with E-state index in [9.17, 15) is 9.59 Å². The number of rotatable bonds is 7. The van der Waals surface area contributed by atoms with Crippen LogP contribution >= 0.6 is 22.9 Å². The van der Waals surface area contributed by atoms with Gasteiger partial charge in [0.2, 0.25) is 5.91 Å². The van der Waals surface area contributed by atoms with Crippen LogP contribution in [0.3, 0.4) is 0 Å². The Labute approximate surface area is 184 Å². The summed E-state index contributed by atoms with van der Waals surface area (Å²) in [7, 11) is 0. The quantitative estimate of drug-likeness (QED) is 0.687. The van der Waals surface area contributed by atoms with E-state index in [2.05, 4.69) is 10.6 Å². The molecule has 0 fully saturated rings. The van der Waals surface area contributed by atoms with Gasteiger partial charge in [0.05, 0.1) is 36.2 Å². The normalized spacial score (nSPS) is 18.4. The van der Waals surface area contributed by atoms with Crippen LogP contribution in [0.2, 0.25) is 4.34 Å². The first-order valence-electron chi connectivity index (χ1n) is 10.0. The first-order valence-corrected chi connectivity index (χ1v) is 11.2. The summed E-state index contributed by atoms with van der Waals surface area (Å²) in [5.74, 6) is -0.0736. The van der Waals surface area contributed by atoms with Crippen LogP contribution in [0.1, 0.15) is 23.3 Å². The van der Waals surface area contributed by atoms with Gasteiger partial charge in [-0.2, -0.15) is 0 Å². The third-order valence-electron chi connectivity index (χ3n) is 5.24. The Morgan fingerprint density at radius 2 is 2.03 bits per heavy atom. The molecule has 2 aromatic rings. The highest BCUT2D eigenvalue weighted by Gasteiger charge is 2.30. The van der Waals surface area contributed by atoms with Crippen molar-refractivity contribution in [3.05, 3.63) is 68.5 Å². The maximum absolute atomic E-state index is 13.1. The summed E-state index contributed by atoms with van der Waals surface area (Å²) in [6.45, 7) is 1.77. The summed E-state index contributed by atoms with van der Waals surface area (Å²) >= 11 is 7.55. The number of nitrogens with one attached hydrogen (secondary N) is 2. The number of hydrogen-bond donors (Lipinski definition) is 2. The number of thiophene rings is 1. The smallest absolute Gasteiger partial charge is 0.252 e. The predicted octanol–water partition coefficient (Wildman–Crippen LogP) is 3.08. The first-order chi connectivity index (χ1) is 14.6. The minimum atomic E-state index is -0.328. The number of carbonyl (C=O) groups excluding carboxylic acids is 2. The van der Waals surface area contributed by atoms with Crippen molar-refractivity contribution in [1.29, 1.82) is 0 Å². The molecule has 1 atom stereocenters. The zero-order valence-corrected chi connectivity index (χ0v) is 18.1. The van der Waals surface area contributed by atoms with Gasteiger partial charge >= 0.3 is 0 Å². The number of carbonyl (C=O) groups is 2. The molecule has 3 heterocycles. The number of halogens is 1. The van der Waals surface area contributed by atoms with Crippen molar-refractivity contribution in [2.24, 2.45) is 0 Å². The lowest BCUT2D eigenvalue weighted by molar-refractivity contribution is -0.133. The molecule has 1 unspecified atom stereocenters. The molecule has 4 rings (SSSR count). The molecule has 2 aliphatic rings. The van der Waals surface area contributed by atoms with Gasteiger partial charge in [0.15, 0.2) is 0 Å². The second-order valence-electron chi connectivity index (χ2n) is 7.40. The van der Waals surface area contributed by atoms with Gasteiger partial charge in [0.25, 0.3) is 5.91 Å². The largest absolute Gasteiger partial charge is 0.376 e. The topological polar surface area (TPSA) is 70.7 Å². The van der Waals surface area contributed by atoms with E-state index in [0.29, 0.717) is 55.5 Å². The molecule has 0 bridgehead atoms. The van der Waals surface area contributed by atoms with E-state index < -0.39 is 0 Å². The lowest BCUT2D eigenvalue weighted by Crippen LogP contribution is -2.57. The van der Waals surface area contributed by atoms with Crippen molar-refractivity contribution in [3.63, 3.8) is 0 Å². The zero-order chi connectivity index (χ0) is 20.9. The highest BCUT2D eigenvalue weighted by molar-refractivity contribution is 7.16. The van der Waals surface area contributed by atoms with E-state index in [4.69, 9.17) is 16.3 Å². The number of aryl methyl sites for hydroxylation is 1. The Bertz CT molecular complexity index is 944. The molecule has 6 nitrogen and oxygen atoms in total. The second kappa shape index (κ2) is 9.64. The molecular formula is C22H24ClN3O3S. The average molecular weight is 446 g/mol. The van der Waals surface area contributed by atoms with Crippen molar-refractivity contribution < 1.29 is 14.3 Å². The Balaban J connectivity index is 1.45. The lowest BCUT2D eigenvalue weighted by atomic mass is 10.1. The fourth-order valence-electron chi connectivity index (χ4n) is 3.69. The number of nitrogens with zero attached hydrogens (tertiary/aromatic N) is 1. The standard InChI is InChI=1S/C22H24ClN3O3S/c23-19-8-7-16(30-19)12-26(21(27)9-6-15-4-2-1-3-5-15)13-20-24-18-10-11-29-14-17(18)22(28)25-20/h1-5,7-8,20,24H,6,9-14H2,(H,25,28). The Morgan fingerprint density at radius 3 is 2.80 bits per heavy atom. The minimum absolute atomic E-state index is 0.0474. The fraction of sp³-hybridized carbons (Fsp3) is 0.364. The van der Waals surface area contributed by atoms with Crippen molar-refractivity contribution in [3.8, 4) is 0 Å². The van der Waals surface area contributed by atoms with Crippen LogP contribution in [0.5, 0.6) is 0 Å². The predicted molar refractivity (Wildman–Crippen MR) is 117 cm³/mol. The van der Waals surface area contributed by atoms with Gasteiger partial charge < -0.3 is 20.3 Å². The highest BCUT2D eigenvalue weighted by atomic mass is 35.5. The maximum atomic E-state index is 13.1. The highest BCUT2D eigenvalue weighted by Crippen LogP contribution is 2.24. The lowest BCUT2D eigenvalue weighted by Gasteiger charge is -2.35. The molecule has 0 aliphatic carbocycles. The Kier molecular flexibility index (Phi) is 6.72. The number of amides is 2. The van der Waals surface area contributed by atoms with Gasteiger partial charge in [-0.1, -0.05) is 41.9 Å². The molecule has 30 heavy (non-hydrogen) atoms. The summed E-state index contributed by atoms with van der Waals surface area (Å²) < 4.78 is 6.08. The van der Waals surface area contributed by atoms with Crippen molar-refractivity contribution in [1.82, 2.24) is 15.5 Å². The Hall–Kier alpha value is -2.35. The van der Waals surface area contributed by atoms with E-state index >= 15 is 0 Å². The van der Waals surface area contributed by atoms with Gasteiger partial charge in [-0.25, -0.2) is 0 Å². The molecule has 0 saturated heterocycles. The Morgan fingerprint density at radius 1 is 1.20 bits per heavy atom. The van der Waals surface area contributed by atoms with Gasteiger partial charge in [-0.05, 0) is 24.1 Å². The van der Waals surface area contributed by atoms with E-state index in [-0.39, 0.29) is 18.0 Å². The molecule has 1 aromatic heterocycles. The third kappa shape index (κ3) is 5.22. The summed E-state index contributed by atoms with van der Waals surface area (Å²) in [5, 5.41) is 6.35. The van der Waals surface area contributed by atoms with Gasteiger partial charge in [-0.3, -0.25) is 9.59 Å². The molecule has 1 aromatic carbocycles. The van der Waals surface area contributed by atoms with Crippen LogP contribution < -0.4 is 10.6 Å². The SMILES string of the molecule is O=C1NC(CN(Cc2ccc(Cl)s2)C(=O)CCc2ccccc2)NC2=C1COCC2. The van der Waals surface area contributed by atoms with Crippen LogP contribution in [-0.4, -0.2) is 42.6 Å². The maximum Gasteiger partial charge on any atom is 0.252 e. The molecule has 0 saturated carbocycles. The molecule has 8 heteroatoms. The van der Waals surface area contributed by atoms with E-state index in [1.165, 1.54) is 11.3 Å². The minimum Gasteiger partial charge on any atom is -0.376 e. The summed E-state index contributed by atoms with van der Waals surface area (Å²) in [6, 6.07) is 13.8. The molecular weight excluding hydrogens is 422 g/mol. The van der Waals surface area contributed by atoms with Gasteiger partial charge in [0, 0.05) is 23.4 Å². The summed E-state index contributed by atoms with van der Waals surface area (Å²) in [5.41, 5.74) is 2.71. The second-order valence-corrected chi connectivity index (χ2v) is 9.20. The van der Waals surface area contributed by atoms with Crippen LogP contribution in [0.25, 0.3) is 0 Å². The molecule has 0 spiro atoms. The molecule has 0 radical (unpaired) electrons. The fourth-order valence-corrected chi connectivity index (χ4v) is 4.79. The van der Waals surface area contributed by atoms with Crippen LogP contribution in [0.4, 0.5) is 0 Å². The average Bonchev–Trinajstić information content (AvgIpc) is 3.17. The first kappa shape index (κ1) is 20.9. The zero-order valence-electron chi connectivity index (χ0n) is 16.5. The third-order valence-corrected chi connectivity index (χ3v) is 6.45. The van der Waals surface area contributed by atoms with Crippen LogP contribution in [0, 0.1) is 0 Å². The molecule has 2 aliphatic heterocycles. The number of hydrogen-bond acceptors (Lipinski definition) is 5. The summed E-state index contributed by atoms with van der Waals surface area (Å²) in [4.78, 5) is 28.4. The summed E-state index contributed by atoms with van der Waals surface area (Å²) in [6.07, 6.45) is 1.44. The number of benzene rings is 1. The van der Waals surface area contributed by atoms with Gasteiger partial charge in [-0.15, -0.1) is 11.3 Å². The van der Waals surface area contributed by atoms with Crippen LogP contribution in [0.15, 0.2) is 53.7 Å². The van der Waals surface area contributed by atoms with Crippen molar-refractivity contribution >= 4 is 34.8 Å².